The van der Waals surface area contributed by atoms with E-state index in [1.165, 1.54) is 12.8 Å². The average molecular weight is 269 g/mol. The summed E-state index contributed by atoms with van der Waals surface area (Å²) >= 11 is 0. The van der Waals surface area contributed by atoms with Gasteiger partial charge in [0.25, 0.3) is 0 Å². The standard InChI is InChI=1S/C15H31N3O/c1-4-9-17-14(19)11-18(5-2)15(12-16)8-6-7-13(3)10-15/h13H,4-12,16H2,1-3H3,(H,17,19). The Morgan fingerprint density at radius 2 is 2.21 bits per heavy atom. The van der Waals surface area contributed by atoms with Gasteiger partial charge >= 0.3 is 0 Å². The average Bonchev–Trinajstić information content (AvgIpc) is 2.42. The Morgan fingerprint density at radius 1 is 1.47 bits per heavy atom. The van der Waals surface area contributed by atoms with Crippen molar-refractivity contribution in [2.45, 2.75) is 58.4 Å². The zero-order valence-electron chi connectivity index (χ0n) is 12.9. The van der Waals surface area contributed by atoms with Crippen LogP contribution in [0.3, 0.4) is 0 Å². The Hall–Kier alpha value is -0.610. The molecule has 0 spiro atoms. The first-order valence-electron chi connectivity index (χ1n) is 7.79. The second-order valence-electron chi connectivity index (χ2n) is 5.99. The Kier molecular flexibility index (Phi) is 6.80. The first kappa shape index (κ1) is 16.4. The van der Waals surface area contributed by atoms with Crippen LogP contribution in [0.2, 0.25) is 0 Å². The van der Waals surface area contributed by atoms with Crippen molar-refractivity contribution in [2.75, 3.05) is 26.2 Å². The zero-order valence-corrected chi connectivity index (χ0v) is 12.9. The van der Waals surface area contributed by atoms with Crippen LogP contribution in [0.15, 0.2) is 0 Å². The maximum absolute atomic E-state index is 12.0. The van der Waals surface area contributed by atoms with Crippen LogP contribution in [0, 0.1) is 5.92 Å². The topological polar surface area (TPSA) is 58.4 Å². The molecular weight excluding hydrogens is 238 g/mol. The lowest BCUT2D eigenvalue weighted by Gasteiger charge is -2.47. The number of amides is 1. The Bertz CT molecular complexity index is 283. The summed E-state index contributed by atoms with van der Waals surface area (Å²) in [6.45, 7) is 9.30. The molecule has 0 radical (unpaired) electrons. The van der Waals surface area contributed by atoms with E-state index >= 15 is 0 Å². The summed E-state index contributed by atoms with van der Waals surface area (Å²) in [7, 11) is 0. The summed E-state index contributed by atoms with van der Waals surface area (Å²) in [5, 5.41) is 2.97. The lowest BCUT2D eigenvalue weighted by molar-refractivity contribution is -0.124. The Balaban J connectivity index is 2.66. The van der Waals surface area contributed by atoms with Gasteiger partial charge in [-0.25, -0.2) is 0 Å². The van der Waals surface area contributed by atoms with Crippen molar-refractivity contribution in [3.63, 3.8) is 0 Å². The van der Waals surface area contributed by atoms with Gasteiger partial charge in [-0.05, 0) is 31.7 Å². The summed E-state index contributed by atoms with van der Waals surface area (Å²) in [6.07, 6.45) is 5.75. The van der Waals surface area contributed by atoms with Crippen LogP contribution in [0.4, 0.5) is 0 Å². The van der Waals surface area contributed by atoms with E-state index in [1.807, 2.05) is 0 Å². The van der Waals surface area contributed by atoms with Crippen molar-refractivity contribution in [1.29, 1.82) is 0 Å². The van der Waals surface area contributed by atoms with Gasteiger partial charge in [-0.1, -0.05) is 33.6 Å². The summed E-state index contributed by atoms with van der Waals surface area (Å²) in [4.78, 5) is 14.3. The molecular formula is C15H31N3O. The molecule has 1 aliphatic rings. The van der Waals surface area contributed by atoms with E-state index in [-0.39, 0.29) is 11.4 Å². The highest BCUT2D eigenvalue weighted by molar-refractivity contribution is 5.78. The Labute approximate surface area is 118 Å². The number of rotatable bonds is 7. The fraction of sp³-hybridized carbons (Fsp3) is 0.933. The van der Waals surface area contributed by atoms with Gasteiger partial charge in [-0.15, -0.1) is 0 Å². The molecule has 0 aliphatic heterocycles. The largest absolute Gasteiger partial charge is 0.355 e. The number of likely N-dealkylation sites (N-methyl/N-ethyl adjacent to an activating group) is 1. The minimum absolute atomic E-state index is 0.0377. The molecule has 1 saturated carbocycles. The molecule has 2 atom stereocenters. The van der Waals surface area contributed by atoms with Gasteiger partial charge in [-0.2, -0.15) is 0 Å². The highest BCUT2D eigenvalue weighted by Crippen LogP contribution is 2.36. The first-order valence-corrected chi connectivity index (χ1v) is 7.79. The number of nitrogens with zero attached hydrogens (tertiary/aromatic N) is 1. The molecule has 4 heteroatoms. The third-order valence-electron chi connectivity index (χ3n) is 4.41. The predicted octanol–water partition coefficient (Wildman–Crippen LogP) is 1.74. The van der Waals surface area contributed by atoms with Crippen LogP contribution in [0.25, 0.3) is 0 Å². The number of hydrogen-bond donors (Lipinski definition) is 2. The van der Waals surface area contributed by atoms with Crippen molar-refractivity contribution in [3.05, 3.63) is 0 Å². The molecule has 0 aromatic heterocycles. The third-order valence-corrected chi connectivity index (χ3v) is 4.41. The molecule has 0 bridgehead atoms. The number of carbonyl (C=O) groups excluding carboxylic acids is 1. The molecule has 0 heterocycles. The monoisotopic (exact) mass is 269 g/mol. The highest BCUT2D eigenvalue weighted by Gasteiger charge is 2.38. The van der Waals surface area contributed by atoms with Crippen molar-refractivity contribution >= 4 is 5.91 Å². The lowest BCUT2D eigenvalue weighted by Crippen LogP contribution is -2.58. The second-order valence-corrected chi connectivity index (χ2v) is 5.99. The fourth-order valence-corrected chi connectivity index (χ4v) is 3.34. The third kappa shape index (κ3) is 4.46. The molecule has 1 fully saturated rings. The molecule has 0 aromatic rings. The van der Waals surface area contributed by atoms with Crippen LogP contribution in [0.5, 0.6) is 0 Å². The van der Waals surface area contributed by atoms with Crippen LogP contribution < -0.4 is 11.1 Å². The molecule has 1 rings (SSSR count). The number of nitrogens with two attached hydrogens (primary N) is 1. The molecule has 2 unspecified atom stereocenters. The molecule has 0 aromatic carbocycles. The molecule has 112 valence electrons. The summed E-state index contributed by atoms with van der Waals surface area (Å²) in [6, 6.07) is 0. The van der Waals surface area contributed by atoms with Crippen LogP contribution in [-0.4, -0.2) is 42.5 Å². The molecule has 1 aliphatic carbocycles. The SMILES string of the molecule is CCCNC(=O)CN(CC)C1(CN)CCCC(C)C1. The van der Waals surface area contributed by atoms with Gasteiger partial charge < -0.3 is 11.1 Å². The quantitative estimate of drug-likeness (QED) is 0.740. The smallest absolute Gasteiger partial charge is 0.234 e. The van der Waals surface area contributed by atoms with Crippen molar-refractivity contribution in [3.8, 4) is 0 Å². The normalized spacial score (nSPS) is 27.5. The molecule has 19 heavy (non-hydrogen) atoms. The predicted molar refractivity (Wildman–Crippen MR) is 80.0 cm³/mol. The molecule has 0 saturated heterocycles. The van der Waals surface area contributed by atoms with Gasteiger partial charge in [0.05, 0.1) is 6.54 Å². The van der Waals surface area contributed by atoms with E-state index in [0.717, 1.165) is 32.4 Å². The van der Waals surface area contributed by atoms with E-state index in [2.05, 4.69) is 31.0 Å². The molecule has 1 amide bonds. The number of carbonyl (C=O) groups is 1. The fourth-order valence-electron chi connectivity index (χ4n) is 3.34. The summed E-state index contributed by atoms with van der Waals surface area (Å²) in [5.74, 6) is 0.847. The highest BCUT2D eigenvalue weighted by atomic mass is 16.2. The van der Waals surface area contributed by atoms with E-state index in [0.29, 0.717) is 19.0 Å². The van der Waals surface area contributed by atoms with Gasteiger partial charge in [0.15, 0.2) is 0 Å². The van der Waals surface area contributed by atoms with Crippen LogP contribution in [-0.2, 0) is 4.79 Å². The first-order chi connectivity index (χ1) is 9.07. The zero-order chi connectivity index (χ0) is 14.3. The molecule has 3 N–H and O–H groups in total. The number of nitrogens with one attached hydrogen (secondary N) is 1. The van der Waals surface area contributed by atoms with Crippen molar-refractivity contribution in [2.24, 2.45) is 11.7 Å². The van der Waals surface area contributed by atoms with Crippen LogP contribution >= 0.6 is 0 Å². The van der Waals surface area contributed by atoms with E-state index in [4.69, 9.17) is 5.73 Å². The van der Waals surface area contributed by atoms with Gasteiger partial charge in [0, 0.05) is 18.6 Å². The summed E-state index contributed by atoms with van der Waals surface area (Å²) in [5.41, 5.74) is 6.12. The maximum Gasteiger partial charge on any atom is 0.234 e. The van der Waals surface area contributed by atoms with Crippen molar-refractivity contribution < 1.29 is 4.79 Å². The van der Waals surface area contributed by atoms with E-state index < -0.39 is 0 Å². The minimum Gasteiger partial charge on any atom is -0.355 e. The minimum atomic E-state index is 0.0377. The summed E-state index contributed by atoms with van der Waals surface area (Å²) < 4.78 is 0. The lowest BCUT2D eigenvalue weighted by atomic mass is 9.75. The van der Waals surface area contributed by atoms with Crippen LogP contribution in [0.1, 0.15) is 52.9 Å². The molecule has 4 nitrogen and oxygen atoms in total. The van der Waals surface area contributed by atoms with E-state index in [1.54, 1.807) is 0 Å². The van der Waals surface area contributed by atoms with Crippen molar-refractivity contribution in [1.82, 2.24) is 10.2 Å². The second kappa shape index (κ2) is 7.85. The maximum atomic E-state index is 12.0. The van der Waals surface area contributed by atoms with Gasteiger partial charge in [0.2, 0.25) is 5.91 Å². The number of hydrogen-bond acceptors (Lipinski definition) is 3. The van der Waals surface area contributed by atoms with Gasteiger partial charge in [-0.3, -0.25) is 9.69 Å². The van der Waals surface area contributed by atoms with E-state index in [9.17, 15) is 4.79 Å². The Morgan fingerprint density at radius 3 is 2.74 bits per heavy atom. The van der Waals surface area contributed by atoms with Gasteiger partial charge in [0.1, 0.15) is 0 Å².